The van der Waals surface area contributed by atoms with Crippen LogP contribution in [0.4, 0.5) is 0 Å². The number of piperidine rings is 1. The Kier molecular flexibility index (Phi) is 5.49. The summed E-state index contributed by atoms with van der Waals surface area (Å²) in [5.41, 5.74) is 6.78. The second kappa shape index (κ2) is 7.39. The first-order valence-electron chi connectivity index (χ1n) is 7.03. The van der Waals surface area contributed by atoms with E-state index in [1.54, 1.807) is 0 Å². The zero-order chi connectivity index (χ0) is 12.6. The fourth-order valence-electron chi connectivity index (χ4n) is 2.47. The highest BCUT2D eigenvalue weighted by Crippen LogP contribution is 2.17. The summed E-state index contributed by atoms with van der Waals surface area (Å²) in [6.45, 7) is 5.01. The van der Waals surface area contributed by atoms with E-state index in [2.05, 4.69) is 4.90 Å². The molecule has 1 aromatic carbocycles. The van der Waals surface area contributed by atoms with Crippen LogP contribution in [0.2, 0.25) is 0 Å². The molecule has 1 heterocycles. The number of likely N-dealkylation sites (tertiary alicyclic amines) is 1. The number of nitrogens with two attached hydrogens (primary N) is 1. The van der Waals surface area contributed by atoms with Crippen LogP contribution in [-0.4, -0.2) is 31.1 Å². The predicted molar refractivity (Wildman–Crippen MR) is 74.7 cm³/mol. The number of rotatable bonds is 6. The topological polar surface area (TPSA) is 38.5 Å². The molecule has 0 spiro atoms. The third-order valence-electron chi connectivity index (χ3n) is 3.52. The van der Waals surface area contributed by atoms with Crippen LogP contribution in [0, 0.1) is 0 Å². The number of benzene rings is 1. The van der Waals surface area contributed by atoms with Gasteiger partial charge in [0.1, 0.15) is 5.75 Å². The van der Waals surface area contributed by atoms with Gasteiger partial charge in [-0.25, -0.2) is 0 Å². The summed E-state index contributed by atoms with van der Waals surface area (Å²) in [6, 6.07) is 8.03. The van der Waals surface area contributed by atoms with Crippen LogP contribution in [0.1, 0.15) is 31.2 Å². The summed E-state index contributed by atoms with van der Waals surface area (Å²) in [4.78, 5) is 2.54. The third-order valence-corrected chi connectivity index (χ3v) is 3.52. The molecule has 0 bridgehead atoms. The van der Waals surface area contributed by atoms with Gasteiger partial charge < -0.3 is 15.4 Å². The summed E-state index contributed by atoms with van der Waals surface area (Å²) in [5.74, 6) is 0.943. The highest BCUT2D eigenvalue weighted by Gasteiger charge is 2.09. The van der Waals surface area contributed by atoms with E-state index in [0.717, 1.165) is 30.9 Å². The number of hydrogen-bond acceptors (Lipinski definition) is 3. The molecule has 1 fully saturated rings. The van der Waals surface area contributed by atoms with Crippen molar-refractivity contribution in [1.82, 2.24) is 4.90 Å². The largest absolute Gasteiger partial charge is 0.493 e. The van der Waals surface area contributed by atoms with Crippen molar-refractivity contribution in [3.63, 3.8) is 0 Å². The molecule has 3 nitrogen and oxygen atoms in total. The fraction of sp³-hybridized carbons (Fsp3) is 0.600. The maximum atomic E-state index is 5.81. The molecule has 1 aliphatic heterocycles. The Bertz CT molecular complexity index is 348. The summed E-state index contributed by atoms with van der Waals surface area (Å²) < 4.78 is 5.81. The Morgan fingerprint density at radius 2 is 1.89 bits per heavy atom. The van der Waals surface area contributed by atoms with E-state index in [1.165, 1.54) is 32.4 Å². The SMILES string of the molecule is NCc1ccccc1OCCCN1CCCCC1. The molecule has 3 heteroatoms. The zero-order valence-corrected chi connectivity index (χ0v) is 11.1. The summed E-state index contributed by atoms with van der Waals surface area (Å²) in [7, 11) is 0. The molecule has 0 unspecified atom stereocenters. The van der Waals surface area contributed by atoms with Gasteiger partial charge in [0.15, 0.2) is 0 Å². The molecule has 2 N–H and O–H groups in total. The lowest BCUT2D eigenvalue weighted by atomic mass is 10.1. The molecule has 1 aliphatic rings. The van der Waals surface area contributed by atoms with E-state index in [-0.39, 0.29) is 0 Å². The normalized spacial score (nSPS) is 16.7. The Morgan fingerprint density at radius 3 is 2.67 bits per heavy atom. The number of nitrogens with zero attached hydrogens (tertiary/aromatic N) is 1. The van der Waals surface area contributed by atoms with Gasteiger partial charge in [-0.2, -0.15) is 0 Å². The molecule has 0 amide bonds. The van der Waals surface area contributed by atoms with Crippen LogP contribution in [-0.2, 0) is 6.54 Å². The van der Waals surface area contributed by atoms with Gasteiger partial charge in [0, 0.05) is 18.7 Å². The van der Waals surface area contributed by atoms with Crippen molar-refractivity contribution >= 4 is 0 Å². The first kappa shape index (κ1) is 13.4. The predicted octanol–water partition coefficient (Wildman–Crippen LogP) is 2.40. The lowest BCUT2D eigenvalue weighted by Gasteiger charge is -2.26. The van der Waals surface area contributed by atoms with Gasteiger partial charge in [-0.05, 0) is 38.4 Å². The highest BCUT2D eigenvalue weighted by molar-refractivity contribution is 5.32. The molecule has 0 aliphatic carbocycles. The van der Waals surface area contributed by atoms with Gasteiger partial charge in [-0.15, -0.1) is 0 Å². The molecule has 0 atom stereocenters. The minimum absolute atomic E-state index is 0.544. The van der Waals surface area contributed by atoms with Crippen LogP contribution in [0.25, 0.3) is 0 Å². The van der Waals surface area contributed by atoms with Crippen molar-refractivity contribution in [1.29, 1.82) is 0 Å². The summed E-state index contributed by atoms with van der Waals surface area (Å²) in [6.07, 6.45) is 5.21. The fourth-order valence-corrected chi connectivity index (χ4v) is 2.47. The van der Waals surface area contributed by atoms with E-state index in [1.807, 2.05) is 24.3 Å². The summed E-state index contributed by atoms with van der Waals surface area (Å²) in [5, 5.41) is 0. The zero-order valence-electron chi connectivity index (χ0n) is 11.1. The van der Waals surface area contributed by atoms with Crippen molar-refractivity contribution in [2.45, 2.75) is 32.2 Å². The lowest BCUT2D eigenvalue weighted by molar-refractivity contribution is 0.204. The van der Waals surface area contributed by atoms with E-state index in [9.17, 15) is 0 Å². The lowest BCUT2D eigenvalue weighted by Crippen LogP contribution is -2.31. The van der Waals surface area contributed by atoms with Crippen molar-refractivity contribution < 1.29 is 4.74 Å². The number of hydrogen-bond donors (Lipinski definition) is 1. The molecule has 1 aromatic rings. The average molecular weight is 248 g/mol. The Morgan fingerprint density at radius 1 is 1.11 bits per heavy atom. The molecular weight excluding hydrogens is 224 g/mol. The first-order chi connectivity index (χ1) is 8.90. The quantitative estimate of drug-likeness (QED) is 0.786. The van der Waals surface area contributed by atoms with Crippen LogP contribution < -0.4 is 10.5 Å². The van der Waals surface area contributed by atoms with Gasteiger partial charge in [-0.1, -0.05) is 24.6 Å². The number of para-hydroxylation sites is 1. The van der Waals surface area contributed by atoms with Crippen LogP contribution in [0.15, 0.2) is 24.3 Å². The Balaban J connectivity index is 1.68. The van der Waals surface area contributed by atoms with Gasteiger partial charge in [0.25, 0.3) is 0 Å². The van der Waals surface area contributed by atoms with Crippen LogP contribution in [0.5, 0.6) is 5.75 Å². The maximum absolute atomic E-state index is 5.81. The minimum Gasteiger partial charge on any atom is -0.493 e. The van der Waals surface area contributed by atoms with E-state index in [0.29, 0.717) is 6.54 Å². The second-order valence-corrected chi connectivity index (χ2v) is 4.92. The highest BCUT2D eigenvalue weighted by atomic mass is 16.5. The molecular formula is C15H24N2O. The molecule has 18 heavy (non-hydrogen) atoms. The smallest absolute Gasteiger partial charge is 0.123 e. The minimum atomic E-state index is 0.544. The first-order valence-corrected chi connectivity index (χ1v) is 7.03. The Labute approximate surface area is 110 Å². The van der Waals surface area contributed by atoms with Crippen LogP contribution in [0.3, 0.4) is 0 Å². The maximum Gasteiger partial charge on any atom is 0.123 e. The molecule has 0 radical (unpaired) electrons. The number of ether oxygens (including phenoxy) is 1. The van der Waals surface area contributed by atoms with E-state index < -0.39 is 0 Å². The Hall–Kier alpha value is -1.06. The van der Waals surface area contributed by atoms with E-state index in [4.69, 9.17) is 10.5 Å². The molecule has 2 rings (SSSR count). The van der Waals surface area contributed by atoms with Gasteiger partial charge in [0.05, 0.1) is 6.61 Å². The molecule has 1 saturated heterocycles. The van der Waals surface area contributed by atoms with Crippen molar-refractivity contribution in [3.05, 3.63) is 29.8 Å². The van der Waals surface area contributed by atoms with Crippen LogP contribution >= 0.6 is 0 Å². The summed E-state index contributed by atoms with van der Waals surface area (Å²) >= 11 is 0. The average Bonchev–Trinajstić information content (AvgIpc) is 2.45. The second-order valence-electron chi connectivity index (χ2n) is 4.92. The standard InChI is InChI=1S/C15H24N2O/c16-13-14-7-2-3-8-15(14)18-12-6-11-17-9-4-1-5-10-17/h2-3,7-8H,1,4-6,9-13,16H2. The van der Waals surface area contributed by atoms with Crippen molar-refractivity contribution in [2.75, 3.05) is 26.2 Å². The molecule has 0 aromatic heterocycles. The van der Waals surface area contributed by atoms with E-state index >= 15 is 0 Å². The molecule has 100 valence electrons. The van der Waals surface area contributed by atoms with Gasteiger partial charge in [0.2, 0.25) is 0 Å². The third kappa shape index (κ3) is 4.00. The van der Waals surface area contributed by atoms with Gasteiger partial charge in [-0.3, -0.25) is 0 Å². The van der Waals surface area contributed by atoms with Crippen molar-refractivity contribution in [2.24, 2.45) is 5.73 Å². The monoisotopic (exact) mass is 248 g/mol. The van der Waals surface area contributed by atoms with Crippen molar-refractivity contribution in [3.8, 4) is 5.75 Å². The van der Waals surface area contributed by atoms with Gasteiger partial charge >= 0.3 is 0 Å². The molecule has 0 saturated carbocycles.